The van der Waals surface area contributed by atoms with Crippen LogP contribution in [0.3, 0.4) is 0 Å². The second kappa shape index (κ2) is 10.1. The van der Waals surface area contributed by atoms with Gasteiger partial charge in [-0.3, -0.25) is 4.90 Å². The lowest BCUT2D eigenvalue weighted by Crippen LogP contribution is -2.44. The molecule has 0 spiro atoms. The van der Waals surface area contributed by atoms with E-state index in [2.05, 4.69) is 10.2 Å². The topological polar surface area (TPSA) is 27.7 Å². The molecule has 0 unspecified atom stereocenters. The molecule has 1 saturated heterocycles. The molecule has 2 aromatic carbocycles. The predicted octanol–water partition coefficient (Wildman–Crippen LogP) is 4.15. The van der Waals surface area contributed by atoms with E-state index >= 15 is 0 Å². The molecule has 0 aliphatic carbocycles. The third kappa shape index (κ3) is 5.85. The van der Waals surface area contributed by atoms with Gasteiger partial charge in [0.15, 0.2) is 5.11 Å². The molecule has 1 fully saturated rings. The molecule has 0 bridgehead atoms. The molecular formula is C20H22ClF2N3OS. The Morgan fingerprint density at radius 2 is 1.89 bits per heavy atom. The zero-order valence-electron chi connectivity index (χ0n) is 15.3. The molecule has 150 valence electrons. The van der Waals surface area contributed by atoms with Crippen molar-refractivity contribution < 1.29 is 13.5 Å². The Hall–Kier alpha value is -1.80. The van der Waals surface area contributed by atoms with Crippen LogP contribution in [0.4, 0.5) is 14.5 Å². The van der Waals surface area contributed by atoms with Gasteiger partial charge < -0.3 is 15.0 Å². The first kappa shape index (κ1) is 20.9. The summed E-state index contributed by atoms with van der Waals surface area (Å²) in [5.41, 5.74) is 1.15. The highest BCUT2D eigenvalue weighted by molar-refractivity contribution is 7.80. The van der Waals surface area contributed by atoms with E-state index in [4.69, 9.17) is 28.6 Å². The Kier molecular flexibility index (Phi) is 7.56. The molecule has 1 heterocycles. The van der Waals surface area contributed by atoms with E-state index in [1.807, 2.05) is 4.90 Å². The van der Waals surface area contributed by atoms with Crippen molar-refractivity contribution in [2.24, 2.45) is 0 Å². The van der Waals surface area contributed by atoms with Crippen LogP contribution in [-0.2, 0) is 11.3 Å². The summed E-state index contributed by atoms with van der Waals surface area (Å²) < 4.78 is 32.9. The molecule has 8 heteroatoms. The smallest absolute Gasteiger partial charge is 0.173 e. The van der Waals surface area contributed by atoms with Gasteiger partial charge in [0, 0.05) is 44.0 Å². The molecular weight excluding hydrogens is 404 g/mol. The molecule has 0 atom stereocenters. The first-order valence-electron chi connectivity index (χ1n) is 9.07. The monoisotopic (exact) mass is 425 g/mol. The van der Waals surface area contributed by atoms with E-state index in [-0.39, 0.29) is 10.8 Å². The van der Waals surface area contributed by atoms with Crippen LogP contribution in [0, 0.1) is 11.6 Å². The number of halogens is 3. The average molecular weight is 426 g/mol. The van der Waals surface area contributed by atoms with Crippen LogP contribution in [0.15, 0.2) is 42.5 Å². The van der Waals surface area contributed by atoms with Crippen molar-refractivity contribution in [3.05, 3.63) is 64.7 Å². The van der Waals surface area contributed by atoms with Crippen molar-refractivity contribution in [3.8, 4) is 0 Å². The summed E-state index contributed by atoms with van der Waals surface area (Å²) in [7, 11) is 0. The molecule has 0 saturated carbocycles. The number of rotatable bonds is 6. The van der Waals surface area contributed by atoms with E-state index in [0.29, 0.717) is 42.7 Å². The summed E-state index contributed by atoms with van der Waals surface area (Å²) in [6.45, 7) is 4.88. The normalized spacial score (nSPS) is 14.7. The quantitative estimate of drug-likeness (QED) is 0.702. The standard InChI is InChI=1S/C20H22ClF2N3OS/c21-17-13-16(5-6-19(17)23)24-20(28)26(8-7-25-9-11-27-12-10-25)14-15-3-1-2-4-18(15)22/h1-6,13H,7-12,14H2,(H,24,28). The minimum absolute atomic E-state index is 0.0155. The van der Waals surface area contributed by atoms with Crippen molar-refractivity contribution in [1.82, 2.24) is 9.80 Å². The van der Waals surface area contributed by atoms with E-state index in [1.165, 1.54) is 18.2 Å². The molecule has 1 aliphatic rings. The van der Waals surface area contributed by atoms with Crippen molar-refractivity contribution in [2.45, 2.75) is 6.54 Å². The number of benzene rings is 2. The van der Waals surface area contributed by atoms with Crippen LogP contribution in [-0.4, -0.2) is 54.3 Å². The summed E-state index contributed by atoms with van der Waals surface area (Å²) in [4.78, 5) is 4.19. The van der Waals surface area contributed by atoms with Gasteiger partial charge in [0.05, 0.1) is 18.2 Å². The van der Waals surface area contributed by atoms with Crippen molar-refractivity contribution in [1.29, 1.82) is 0 Å². The zero-order valence-corrected chi connectivity index (χ0v) is 16.9. The summed E-state index contributed by atoms with van der Waals surface area (Å²) in [6.07, 6.45) is 0. The Labute approximate surface area is 174 Å². The van der Waals surface area contributed by atoms with Gasteiger partial charge in [-0.2, -0.15) is 0 Å². The summed E-state index contributed by atoms with van der Waals surface area (Å²) in [6, 6.07) is 11.0. The molecule has 0 amide bonds. The number of hydrogen-bond acceptors (Lipinski definition) is 3. The van der Waals surface area contributed by atoms with E-state index in [0.717, 1.165) is 19.6 Å². The van der Waals surface area contributed by atoms with Crippen LogP contribution >= 0.6 is 23.8 Å². The lowest BCUT2D eigenvalue weighted by Gasteiger charge is -2.31. The molecule has 28 heavy (non-hydrogen) atoms. The lowest BCUT2D eigenvalue weighted by molar-refractivity contribution is 0.0358. The largest absolute Gasteiger partial charge is 0.379 e. The summed E-state index contributed by atoms with van der Waals surface area (Å²) in [5.74, 6) is -0.764. The maximum atomic E-state index is 14.2. The number of hydrogen-bond donors (Lipinski definition) is 1. The summed E-state index contributed by atoms with van der Waals surface area (Å²) in [5, 5.41) is 3.52. The maximum Gasteiger partial charge on any atom is 0.173 e. The number of thiocarbonyl (C=S) groups is 1. The van der Waals surface area contributed by atoms with Gasteiger partial charge in [-0.15, -0.1) is 0 Å². The highest BCUT2D eigenvalue weighted by Gasteiger charge is 2.17. The van der Waals surface area contributed by atoms with Gasteiger partial charge >= 0.3 is 0 Å². The van der Waals surface area contributed by atoms with Crippen LogP contribution in [0.2, 0.25) is 5.02 Å². The van der Waals surface area contributed by atoms with Gasteiger partial charge in [0.25, 0.3) is 0 Å². The first-order chi connectivity index (χ1) is 13.5. The predicted molar refractivity (Wildman–Crippen MR) is 112 cm³/mol. The molecule has 1 N–H and O–H groups in total. The fraction of sp³-hybridized carbons (Fsp3) is 0.350. The minimum atomic E-state index is -0.492. The van der Waals surface area contributed by atoms with Gasteiger partial charge in [-0.25, -0.2) is 8.78 Å². The van der Waals surface area contributed by atoms with Crippen LogP contribution in [0.5, 0.6) is 0 Å². The van der Waals surface area contributed by atoms with E-state index in [1.54, 1.807) is 24.3 Å². The Morgan fingerprint density at radius 1 is 1.14 bits per heavy atom. The van der Waals surface area contributed by atoms with Gasteiger partial charge in [-0.1, -0.05) is 29.8 Å². The van der Waals surface area contributed by atoms with Crippen molar-refractivity contribution in [3.63, 3.8) is 0 Å². The number of morpholine rings is 1. The minimum Gasteiger partial charge on any atom is -0.379 e. The second-order valence-corrected chi connectivity index (χ2v) is 7.32. The van der Waals surface area contributed by atoms with Crippen LogP contribution in [0.1, 0.15) is 5.56 Å². The Morgan fingerprint density at radius 3 is 2.61 bits per heavy atom. The fourth-order valence-electron chi connectivity index (χ4n) is 2.95. The highest BCUT2D eigenvalue weighted by atomic mass is 35.5. The number of nitrogens with one attached hydrogen (secondary N) is 1. The third-order valence-electron chi connectivity index (χ3n) is 4.57. The SMILES string of the molecule is Fc1ccc(NC(=S)N(CCN2CCOCC2)Cc2ccccc2F)cc1Cl. The Bertz CT molecular complexity index is 818. The second-order valence-electron chi connectivity index (χ2n) is 6.53. The van der Waals surface area contributed by atoms with Crippen molar-refractivity contribution >= 4 is 34.6 Å². The first-order valence-corrected chi connectivity index (χ1v) is 9.86. The van der Waals surface area contributed by atoms with Gasteiger partial charge in [-0.05, 0) is 36.5 Å². The Balaban J connectivity index is 1.70. The molecule has 2 aromatic rings. The maximum absolute atomic E-state index is 14.2. The molecule has 0 aromatic heterocycles. The van der Waals surface area contributed by atoms with Gasteiger partial charge in [0.1, 0.15) is 11.6 Å². The van der Waals surface area contributed by atoms with Crippen LogP contribution < -0.4 is 5.32 Å². The molecule has 1 aliphatic heterocycles. The average Bonchev–Trinajstić information content (AvgIpc) is 2.70. The third-order valence-corrected chi connectivity index (χ3v) is 5.22. The molecule has 3 rings (SSSR count). The lowest BCUT2D eigenvalue weighted by atomic mass is 10.2. The zero-order chi connectivity index (χ0) is 19.9. The number of nitrogens with zero attached hydrogens (tertiary/aromatic N) is 2. The number of ether oxygens (including phenoxy) is 1. The van der Waals surface area contributed by atoms with E-state index < -0.39 is 5.82 Å². The van der Waals surface area contributed by atoms with Crippen LogP contribution in [0.25, 0.3) is 0 Å². The highest BCUT2D eigenvalue weighted by Crippen LogP contribution is 2.20. The van der Waals surface area contributed by atoms with E-state index in [9.17, 15) is 8.78 Å². The van der Waals surface area contributed by atoms with Crippen molar-refractivity contribution in [2.75, 3.05) is 44.7 Å². The van der Waals surface area contributed by atoms with Gasteiger partial charge in [0.2, 0.25) is 0 Å². The fourth-order valence-corrected chi connectivity index (χ4v) is 3.40. The number of anilines is 1. The summed E-state index contributed by atoms with van der Waals surface area (Å²) >= 11 is 11.4. The molecule has 4 nitrogen and oxygen atoms in total. The molecule has 0 radical (unpaired) electrons.